The summed E-state index contributed by atoms with van der Waals surface area (Å²) in [4.78, 5) is 70.8. The van der Waals surface area contributed by atoms with Crippen LogP contribution in [0.2, 0.25) is 0 Å². The molecule has 5 aliphatic carbocycles. The number of nitrogens with zero attached hydrogens (tertiary/aromatic N) is 12. The standard InChI is InChI=1S/C24H25F2N3OS.2C23H17F2N3OS.C22H21F2N3OS.C21H21F2N3OS/c25-18-8-9-21(26)19(14-18)23-28-29(22(30)10-7-16-4-3-13-27-15-16)24(31-23)12-11-17-5-1-2-6-20(17)24;24-17-7-8-20(25)18(13-17)22-27-28(21(29)12-15-4-3-11-26-14-15)23(30-22)10-9-16-5-1-2-6-19(16)23;24-17-5-6-20(25)18(14-17)22-27-28(21(29)13-15-8-11-26-12-9-15)23(30-22)10-7-16-3-1-2-4-19(16)23;23-16-5-6-19(24)17(12-16)21-26-27(20(28)11-14-8-10-25-13-14)22(29-21)9-7-15-3-1-2-4-18(15)22;1-13(24)6-9-19(27)26-21(11-10-14-4-2-3-5-17(14)21)28-20(25-26)16-12-15(22)7-8-18(16)23/h1-2,5-6,8-9,14,16,27H,3-4,7,10-13,15H2;1-8,11,13-14H,9-10,12H2;1-6,8-9,11-12,14H,7,10,13H2;1-6,12,14,25H,7-11,13H2;2-5,7-8,12-13H,6,9-11,24H2,1H3. The van der Waals surface area contributed by atoms with Gasteiger partial charge in [0.15, 0.2) is 0 Å². The molecule has 5 spiro atoms. The summed E-state index contributed by atoms with van der Waals surface area (Å²) in [6.07, 6.45) is 19.9. The van der Waals surface area contributed by atoms with Crippen LogP contribution >= 0.6 is 58.8 Å². The van der Waals surface area contributed by atoms with Gasteiger partial charge in [0.25, 0.3) is 0 Å². The normalized spacial score (nSPS) is 22.4. The third-order valence-corrected chi connectivity index (χ3v) is 35.8. The van der Waals surface area contributed by atoms with Gasteiger partial charge in [0.1, 0.15) is 108 Å². The van der Waals surface area contributed by atoms with Crippen LogP contribution in [0.3, 0.4) is 0 Å². The fourth-order valence-electron chi connectivity index (χ4n) is 21.3. The third-order valence-electron chi connectivity index (χ3n) is 28.6. The maximum absolute atomic E-state index is 14.5. The molecule has 7 aliphatic heterocycles. The number of nitrogens with two attached hydrogens (primary N) is 1. The topological polar surface area (TPSA) is 239 Å². The van der Waals surface area contributed by atoms with E-state index in [4.69, 9.17) is 5.73 Å². The molecular weight excluding hydrogens is 2000 g/mol. The molecule has 8 unspecified atom stereocenters. The lowest BCUT2D eigenvalue weighted by atomic mass is 9.94. The number of hydrogen-bond donors (Lipinski definition) is 3. The first-order valence-corrected chi connectivity index (χ1v) is 53.4. The van der Waals surface area contributed by atoms with Crippen molar-refractivity contribution in [3.63, 3.8) is 0 Å². The highest BCUT2D eigenvalue weighted by Crippen LogP contribution is 2.61. The number of carbonyl (C=O) groups excluding carboxylic acids is 5. The number of benzene rings is 10. The van der Waals surface area contributed by atoms with Crippen LogP contribution < -0.4 is 16.4 Å². The summed E-state index contributed by atoms with van der Waals surface area (Å²) >= 11 is 6.71. The van der Waals surface area contributed by atoms with Crippen molar-refractivity contribution < 1.29 is 67.9 Å². The number of piperidine rings is 1. The molecule has 2 aromatic heterocycles. The molecule has 5 amide bonds. The van der Waals surface area contributed by atoms with Gasteiger partial charge < -0.3 is 16.4 Å². The largest absolute Gasteiger partial charge is 0.328 e. The predicted octanol–water partition coefficient (Wildman–Crippen LogP) is 22.2. The minimum atomic E-state index is -0.760. The minimum absolute atomic E-state index is 0.0541. The highest BCUT2D eigenvalue weighted by atomic mass is 32.2. The molecule has 0 radical (unpaired) electrons. The van der Waals surface area contributed by atoms with Gasteiger partial charge in [0, 0.05) is 77.9 Å². The van der Waals surface area contributed by atoms with Gasteiger partial charge in [-0.25, -0.2) is 68.9 Å². The van der Waals surface area contributed by atoms with Crippen LogP contribution in [0.15, 0.2) is 287 Å². The van der Waals surface area contributed by atoms with E-state index in [0.29, 0.717) is 82.5 Å². The molecule has 0 saturated carbocycles. The van der Waals surface area contributed by atoms with Gasteiger partial charge in [0.2, 0.25) is 29.5 Å². The minimum Gasteiger partial charge on any atom is -0.328 e. The van der Waals surface area contributed by atoms with Gasteiger partial charge in [-0.1, -0.05) is 186 Å². The number of carbonyl (C=O) groups is 5. The summed E-state index contributed by atoms with van der Waals surface area (Å²) in [5.41, 5.74) is 18.7. The van der Waals surface area contributed by atoms with Crippen LogP contribution in [0.4, 0.5) is 43.9 Å². The first-order valence-electron chi connectivity index (χ1n) is 49.3. The number of pyridine rings is 2. The molecule has 9 heterocycles. The first-order chi connectivity index (χ1) is 71.7. The molecule has 12 aliphatic rings. The van der Waals surface area contributed by atoms with Gasteiger partial charge in [-0.15, -0.1) is 0 Å². The Kier molecular flexibility index (Phi) is 30.2. The Balaban J connectivity index is 0.000000112. The van der Waals surface area contributed by atoms with E-state index in [-0.39, 0.29) is 88.6 Å². The Labute approximate surface area is 870 Å². The number of nitrogens with one attached hydrogen (secondary N) is 2. The smallest absolute Gasteiger partial charge is 0.248 e. The lowest BCUT2D eigenvalue weighted by molar-refractivity contribution is -0.136. The second kappa shape index (κ2) is 43.7. The van der Waals surface area contributed by atoms with Crippen molar-refractivity contribution >= 4 is 114 Å². The predicted molar refractivity (Wildman–Crippen MR) is 558 cm³/mol. The van der Waals surface area contributed by atoms with E-state index in [1.165, 1.54) is 85.0 Å². The van der Waals surface area contributed by atoms with Crippen molar-refractivity contribution in [1.29, 1.82) is 0 Å². The van der Waals surface area contributed by atoms with Crippen molar-refractivity contribution in [2.45, 2.75) is 166 Å². The average Bonchev–Trinajstić information content (AvgIpc) is 1.60. The number of halogens is 10. The molecule has 10 aromatic carbocycles. The Morgan fingerprint density at radius 1 is 0.351 bits per heavy atom. The number of hydrogen-bond acceptors (Lipinski definition) is 20. The maximum Gasteiger partial charge on any atom is 0.248 e. The number of hydrazone groups is 5. The summed E-state index contributed by atoms with van der Waals surface area (Å²) in [6.45, 7) is 5.58. The van der Waals surface area contributed by atoms with E-state index in [1.807, 2.05) is 122 Å². The Bertz CT molecular complexity index is 7130. The summed E-state index contributed by atoms with van der Waals surface area (Å²) in [6, 6.07) is 63.5. The van der Waals surface area contributed by atoms with Crippen LogP contribution in [0.1, 0.15) is 185 Å². The molecule has 20 nitrogen and oxygen atoms in total. The third kappa shape index (κ3) is 20.7. The second-order valence-electron chi connectivity index (χ2n) is 38.3. The lowest BCUT2D eigenvalue weighted by Gasteiger charge is -2.33. The molecule has 2 saturated heterocycles. The molecular formula is C113H101F10N15O5S5. The Hall–Kier alpha value is -12.9. The van der Waals surface area contributed by atoms with Gasteiger partial charge in [-0.05, 0) is 317 Å². The van der Waals surface area contributed by atoms with Crippen LogP contribution in [-0.4, -0.2) is 122 Å². The zero-order valence-electron chi connectivity index (χ0n) is 80.3. The molecule has 2 fully saturated rings. The van der Waals surface area contributed by atoms with Crippen molar-refractivity contribution in [2.24, 2.45) is 43.1 Å². The van der Waals surface area contributed by atoms with Gasteiger partial charge in [-0.2, -0.15) is 25.5 Å². The molecule has 0 bridgehead atoms. The first kappa shape index (κ1) is 102. The monoisotopic (exact) mass is 2100 g/mol. The Morgan fingerprint density at radius 3 is 0.986 bits per heavy atom. The van der Waals surface area contributed by atoms with Crippen molar-refractivity contribution in [2.75, 3.05) is 26.2 Å². The van der Waals surface area contributed by atoms with Gasteiger partial charge in [-0.3, -0.25) is 33.9 Å². The lowest BCUT2D eigenvalue weighted by Crippen LogP contribution is -2.40. The molecule has 148 heavy (non-hydrogen) atoms. The number of aromatic nitrogens is 2. The van der Waals surface area contributed by atoms with E-state index in [0.717, 1.165) is 231 Å². The molecule has 8 atom stereocenters. The molecule has 24 rings (SSSR count). The zero-order chi connectivity index (χ0) is 103. The summed E-state index contributed by atoms with van der Waals surface area (Å²) in [7, 11) is 0. The Morgan fingerprint density at radius 2 is 0.669 bits per heavy atom. The van der Waals surface area contributed by atoms with Crippen LogP contribution in [-0.2, 0) is 93.3 Å². The molecule has 4 N–H and O–H groups in total. The van der Waals surface area contributed by atoms with Crippen LogP contribution in [0.5, 0.6) is 0 Å². The summed E-state index contributed by atoms with van der Waals surface area (Å²) in [5.74, 6) is -5.32. The second-order valence-corrected chi connectivity index (χ2v) is 44.6. The summed E-state index contributed by atoms with van der Waals surface area (Å²) < 4.78 is 142. The van der Waals surface area contributed by atoms with Crippen LogP contribution in [0, 0.1) is 70.0 Å². The van der Waals surface area contributed by atoms with E-state index in [1.54, 1.807) is 53.0 Å². The number of thioether (sulfide) groups is 5. The zero-order valence-corrected chi connectivity index (χ0v) is 84.4. The van der Waals surface area contributed by atoms with E-state index in [2.05, 4.69) is 58.2 Å². The maximum atomic E-state index is 14.5. The number of aryl methyl sites for hydroxylation is 5. The van der Waals surface area contributed by atoms with Gasteiger partial charge in [0.05, 0.1) is 12.8 Å². The van der Waals surface area contributed by atoms with Crippen molar-refractivity contribution in [1.82, 2.24) is 45.6 Å². The number of amides is 5. The van der Waals surface area contributed by atoms with E-state index >= 15 is 0 Å². The summed E-state index contributed by atoms with van der Waals surface area (Å²) in [5, 5.41) is 38.6. The van der Waals surface area contributed by atoms with E-state index < -0.39 is 82.5 Å². The molecule has 758 valence electrons. The van der Waals surface area contributed by atoms with Crippen molar-refractivity contribution in [3.05, 3.63) is 414 Å². The van der Waals surface area contributed by atoms with E-state index in [9.17, 15) is 67.9 Å². The molecule has 12 aromatic rings. The fraction of sp³-hybridized carbons (Fsp3) is 0.292. The fourth-order valence-corrected chi connectivity index (χ4v) is 28.6. The highest BCUT2D eigenvalue weighted by molar-refractivity contribution is 8.16. The van der Waals surface area contributed by atoms with Crippen LogP contribution in [0.25, 0.3) is 0 Å². The quantitative estimate of drug-likeness (QED) is 0.0718. The number of rotatable bonds is 17. The highest BCUT2D eigenvalue weighted by Gasteiger charge is 2.58. The van der Waals surface area contributed by atoms with Gasteiger partial charge >= 0.3 is 0 Å². The average molecular weight is 2100 g/mol. The van der Waals surface area contributed by atoms with Crippen molar-refractivity contribution in [3.8, 4) is 0 Å². The molecule has 35 heteroatoms. The SMILES string of the molecule is CC(N)CCC(=O)N1N=C(c2cc(F)ccc2F)SC12CCc1ccccc12.O=C(CC1CCNC1)N1N=C(c2cc(F)ccc2F)SC12CCc1ccccc12.O=C(CCC1CCCNC1)N1N=C(c2cc(F)ccc2F)SC12CCc1ccccc12.O=C(Cc1cccnc1)N1N=C(c2cc(F)ccc2F)SC12CCc1ccccc12.O=C(Cc1ccncc1)N1N=C(c2cc(F)ccc2F)SC12CCc1ccccc12. The number of fused-ring (bicyclic) bond motifs is 10.